The lowest BCUT2D eigenvalue weighted by atomic mass is 10.0. The number of carbonyl (C=O) groups excluding carboxylic acids is 3. The minimum absolute atomic E-state index is 0.187. The summed E-state index contributed by atoms with van der Waals surface area (Å²) in [7, 11) is 0. The van der Waals surface area contributed by atoms with Crippen LogP contribution >= 0.6 is 0 Å². The van der Waals surface area contributed by atoms with Crippen molar-refractivity contribution in [2.45, 2.75) is 32.9 Å². The summed E-state index contributed by atoms with van der Waals surface area (Å²) in [5.74, 6) is -0.301. The molecule has 4 rings (SSSR count). The first-order valence-electron chi connectivity index (χ1n) is 11.1. The summed E-state index contributed by atoms with van der Waals surface area (Å²) >= 11 is 0. The number of amides is 5. The van der Waals surface area contributed by atoms with E-state index in [-0.39, 0.29) is 30.6 Å². The fourth-order valence-electron chi connectivity index (χ4n) is 4.16. The lowest BCUT2D eigenvalue weighted by Gasteiger charge is -2.25. The fraction of sp³-hybridized carbons (Fsp3) is 0.320. The lowest BCUT2D eigenvalue weighted by Crippen LogP contribution is -2.47. The number of nitrogens with one attached hydrogen (secondary N) is 1. The summed E-state index contributed by atoms with van der Waals surface area (Å²) in [4.78, 5) is 40.6. The van der Waals surface area contributed by atoms with E-state index in [2.05, 4.69) is 16.5 Å². The van der Waals surface area contributed by atoms with Crippen molar-refractivity contribution < 1.29 is 14.4 Å². The first-order valence-corrected chi connectivity index (χ1v) is 11.1. The maximum atomic E-state index is 13.1. The molecule has 0 unspecified atom stereocenters. The molecule has 2 aliphatic heterocycles. The molecule has 2 aromatic carbocycles. The van der Waals surface area contributed by atoms with Crippen LogP contribution in [0.1, 0.15) is 42.1 Å². The van der Waals surface area contributed by atoms with E-state index in [1.165, 1.54) is 16.8 Å². The quantitative estimate of drug-likeness (QED) is 0.759. The molecule has 0 aliphatic carbocycles. The zero-order chi connectivity index (χ0) is 24.4. The molecule has 2 aromatic rings. The summed E-state index contributed by atoms with van der Waals surface area (Å²) in [6.45, 7) is 6.09. The molecule has 2 aliphatic rings. The van der Waals surface area contributed by atoms with Gasteiger partial charge in [0, 0.05) is 20.0 Å². The van der Waals surface area contributed by atoms with Gasteiger partial charge in [-0.2, -0.15) is 10.4 Å². The molecule has 1 fully saturated rings. The van der Waals surface area contributed by atoms with Gasteiger partial charge < -0.3 is 10.2 Å². The normalized spacial score (nSPS) is 18.5. The molecule has 0 bridgehead atoms. The van der Waals surface area contributed by atoms with Crippen LogP contribution in [0.15, 0.2) is 53.6 Å². The smallest absolute Gasteiger partial charge is 0.330 e. The van der Waals surface area contributed by atoms with E-state index in [9.17, 15) is 14.4 Å². The number of hydrazone groups is 1. The number of nitrogens with zero attached hydrogens (tertiary/aromatic N) is 5. The Bertz CT molecular complexity index is 1180. The summed E-state index contributed by atoms with van der Waals surface area (Å²) in [6, 6.07) is 15.3. The molecule has 9 heteroatoms. The average Bonchev–Trinajstić information content (AvgIpc) is 3.43. The standard InChI is InChI=1S/C25H26N6O3/c1-16-4-8-21(9-5-16)23-22(30-13-12-29(18(3)32)25(30)34)15-31(28-23)24(33)27-17(2)20-10-6-19(14-26)7-11-20/h4-11,17,22H,12-13,15H2,1-3H3,(H,27,33)/t17-,22+/m1/s1. The molecule has 1 saturated heterocycles. The van der Waals surface area contributed by atoms with Gasteiger partial charge in [0.2, 0.25) is 5.91 Å². The monoisotopic (exact) mass is 458 g/mol. The zero-order valence-corrected chi connectivity index (χ0v) is 19.4. The highest BCUT2D eigenvalue weighted by Crippen LogP contribution is 2.24. The molecule has 2 atom stereocenters. The van der Waals surface area contributed by atoms with E-state index >= 15 is 0 Å². The maximum absolute atomic E-state index is 13.1. The number of aryl methyl sites for hydroxylation is 1. The minimum Gasteiger partial charge on any atom is -0.330 e. The van der Waals surface area contributed by atoms with Crippen molar-refractivity contribution in [1.82, 2.24) is 20.1 Å². The Morgan fingerprint density at radius 3 is 2.38 bits per heavy atom. The van der Waals surface area contributed by atoms with E-state index in [1.807, 2.05) is 38.1 Å². The third-order valence-corrected chi connectivity index (χ3v) is 6.15. The Morgan fingerprint density at radius 2 is 1.79 bits per heavy atom. The molecule has 174 valence electrons. The van der Waals surface area contributed by atoms with Crippen LogP contribution < -0.4 is 5.32 Å². The summed E-state index contributed by atoms with van der Waals surface area (Å²) in [5.41, 5.74) is 3.93. The number of imide groups is 1. The number of hydrogen-bond donors (Lipinski definition) is 1. The van der Waals surface area contributed by atoms with Gasteiger partial charge in [0.05, 0.1) is 36.0 Å². The summed E-state index contributed by atoms with van der Waals surface area (Å²) in [5, 5.41) is 17.8. The molecule has 1 N–H and O–H groups in total. The van der Waals surface area contributed by atoms with Crippen LogP contribution in [0.2, 0.25) is 0 Å². The Hall–Kier alpha value is -4.19. The first kappa shape index (κ1) is 23.0. The van der Waals surface area contributed by atoms with Crippen molar-refractivity contribution in [1.29, 1.82) is 5.26 Å². The number of benzene rings is 2. The van der Waals surface area contributed by atoms with Crippen LogP contribution in [0, 0.1) is 18.3 Å². The average molecular weight is 459 g/mol. The van der Waals surface area contributed by atoms with Crippen molar-refractivity contribution in [3.8, 4) is 6.07 Å². The van der Waals surface area contributed by atoms with E-state index in [0.29, 0.717) is 24.4 Å². The van der Waals surface area contributed by atoms with Crippen LogP contribution in [0.25, 0.3) is 0 Å². The molecule has 0 radical (unpaired) electrons. The summed E-state index contributed by atoms with van der Waals surface area (Å²) < 4.78 is 0. The Balaban J connectivity index is 1.56. The molecule has 9 nitrogen and oxygen atoms in total. The molecular formula is C25H26N6O3. The van der Waals surface area contributed by atoms with Gasteiger partial charge in [-0.3, -0.25) is 9.69 Å². The predicted octanol–water partition coefficient (Wildman–Crippen LogP) is 3.01. The highest BCUT2D eigenvalue weighted by molar-refractivity contribution is 6.08. The second-order valence-electron chi connectivity index (χ2n) is 8.50. The molecule has 2 heterocycles. The molecule has 0 spiro atoms. The number of rotatable bonds is 4. The van der Waals surface area contributed by atoms with Crippen LogP contribution in [-0.2, 0) is 4.79 Å². The van der Waals surface area contributed by atoms with Gasteiger partial charge in [-0.05, 0) is 37.1 Å². The van der Waals surface area contributed by atoms with Gasteiger partial charge in [0.15, 0.2) is 0 Å². The number of nitriles is 1. The molecule has 5 amide bonds. The second kappa shape index (κ2) is 9.35. The topological polar surface area (TPSA) is 109 Å². The SMILES string of the molecule is CC(=O)N1CCN([C@H]2CN(C(=O)N[C@H](C)c3ccc(C#N)cc3)N=C2c2ccc(C)cc2)C1=O. The first-order chi connectivity index (χ1) is 16.3. The van der Waals surface area contributed by atoms with Crippen LogP contribution in [-0.4, -0.2) is 64.2 Å². The number of urea groups is 2. The molecule has 0 aromatic heterocycles. The third-order valence-electron chi connectivity index (χ3n) is 6.15. The van der Waals surface area contributed by atoms with Gasteiger partial charge in [0.1, 0.15) is 0 Å². The van der Waals surface area contributed by atoms with Gasteiger partial charge in [-0.25, -0.2) is 14.6 Å². The fourth-order valence-corrected chi connectivity index (χ4v) is 4.16. The predicted molar refractivity (Wildman–Crippen MR) is 126 cm³/mol. The van der Waals surface area contributed by atoms with Crippen molar-refractivity contribution in [2.75, 3.05) is 19.6 Å². The number of carbonyl (C=O) groups is 3. The number of hydrogen-bond acceptors (Lipinski definition) is 5. The highest BCUT2D eigenvalue weighted by Gasteiger charge is 2.42. The molecule has 34 heavy (non-hydrogen) atoms. The van der Waals surface area contributed by atoms with Crippen LogP contribution in [0.5, 0.6) is 0 Å². The van der Waals surface area contributed by atoms with Gasteiger partial charge in [0.25, 0.3) is 0 Å². The van der Waals surface area contributed by atoms with Gasteiger partial charge in [-0.15, -0.1) is 0 Å². The van der Waals surface area contributed by atoms with E-state index in [0.717, 1.165) is 16.7 Å². The van der Waals surface area contributed by atoms with Gasteiger partial charge >= 0.3 is 12.1 Å². The van der Waals surface area contributed by atoms with E-state index in [4.69, 9.17) is 5.26 Å². The Labute approximate surface area is 198 Å². The van der Waals surface area contributed by atoms with Crippen molar-refractivity contribution >= 4 is 23.7 Å². The minimum atomic E-state index is -0.462. The highest BCUT2D eigenvalue weighted by atomic mass is 16.2. The molecule has 0 saturated carbocycles. The zero-order valence-electron chi connectivity index (χ0n) is 19.4. The second-order valence-corrected chi connectivity index (χ2v) is 8.50. The van der Waals surface area contributed by atoms with Crippen LogP contribution in [0.3, 0.4) is 0 Å². The van der Waals surface area contributed by atoms with Crippen molar-refractivity contribution in [3.05, 3.63) is 70.8 Å². The van der Waals surface area contributed by atoms with Crippen LogP contribution in [0.4, 0.5) is 9.59 Å². The molecular weight excluding hydrogens is 432 g/mol. The van der Waals surface area contributed by atoms with Gasteiger partial charge in [-0.1, -0.05) is 42.0 Å². The Morgan fingerprint density at radius 1 is 1.12 bits per heavy atom. The van der Waals surface area contributed by atoms with Crippen molar-refractivity contribution in [3.63, 3.8) is 0 Å². The third kappa shape index (κ3) is 4.48. The largest absolute Gasteiger partial charge is 0.338 e. The van der Waals surface area contributed by atoms with E-state index in [1.54, 1.807) is 29.2 Å². The lowest BCUT2D eigenvalue weighted by molar-refractivity contribution is -0.125. The Kier molecular flexibility index (Phi) is 6.32. The summed E-state index contributed by atoms with van der Waals surface area (Å²) in [6.07, 6.45) is 0. The van der Waals surface area contributed by atoms with E-state index < -0.39 is 6.04 Å². The maximum Gasteiger partial charge on any atom is 0.338 e. The van der Waals surface area contributed by atoms with Crippen molar-refractivity contribution in [2.24, 2.45) is 5.10 Å².